The van der Waals surface area contributed by atoms with Crippen molar-refractivity contribution in [1.82, 2.24) is 9.62 Å². The lowest BCUT2D eigenvalue weighted by atomic mass is 10.1. The zero-order chi connectivity index (χ0) is 22.4. The van der Waals surface area contributed by atoms with Gasteiger partial charge < -0.3 is 15.4 Å². The summed E-state index contributed by atoms with van der Waals surface area (Å²) >= 11 is 5.92. The second-order valence-electron chi connectivity index (χ2n) is 7.06. The van der Waals surface area contributed by atoms with E-state index >= 15 is 0 Å². The van der Waals surface area contributed by atoms with E-state index in [4.69, 9.17) is 16.3 Å². The molecule has 1 saturated heterocycles. The van der Waals surface area contributed by atoms with Gasteiger partial charge in [0.05, 0.1) is 17.7 Å². The van der Waals surface area contributed by atoms with Crippen molar-refractivity contribution in [3.05, 3.63) is 53.1 Å². The molecule has 1 aliphatic heterocycles. The molecular weight excluding hydrogens is 442 g/mol. The Hall–Kier alpha value is -2.62. The summed E-state index contributed by atoms with van der Waals surface area (Å²) in [5, 5.41) is 5.41. The highest BCUT2D eigenvalue weighted by atomic mass is 35.5. The predicted molar refractivity (Wildman–Crippen MR) is 118 cm³/mol. The average molecular weight is 466 g/mol. The first-order valence-electron chi connectivity index (χ1n) is 9.83. The molecular formula is C21H24ClN3O5S. The Morgan fingerprint density at radius 1 is 1.06 bits per heavy atom. The van der Waals surface area contributed by atoms with Gasteiger partial charge in [0.25, 0.3) is 0 Å². The minimum absolute atomic E-state index is 0.219. The predicted octanol–water partition coefficient (Wildman–Crippen LogP) is 2.43. The summed E-state index contributed by atoms with van der Waals surface area (Å²) in [6, 6.07) is 11.3. The van der Waals surface area contributed by atoms with E-state index in [-0.39, 0.29) is 11.4 Å². The van der Waals surface area contributed by atoms with E-state index in [2.05, 4.69) is 10.6 Å². The topological polar surface area (TPSA) is 105 Å². The average Bonchev–Trinajstić information content (AvgIpc) is 3.30. The fourth-order valence-electron chi connectivity index (χ4n) is 3.26. The van der Waals surface area contributed by atoms with Crippen molar-refractivity contribution in [3.8, 4) is 5.75 Å². The molecule has 8 nitrogen and oxygen atoms in total. The molecule has 166 valence electrons. The summed E-state index contributed by atoms with van der Waals surface area (Å²) in [4.78, 5) is 24.5. The van der Waals surface area contributed by atoms with Gasteiger partial charge in [-0.1, -0.05) is 23.7 Å². The quantitative estimate of drug-likeness (QED) is 0.611. The first-order chi connectivity index (χ1) is 14.8. The number of halogens is 1. The molecule has 0 atom stereocenters. The van der Waals surface area contributed by atoms with Gasteiger partial charge in [0, 0.05) is 24.7 Å². The molecule has 1 aliphatic rings. The van der Waals surface area contributed by atoms with Gasteiger partial charge in [0.2, 0.25) is 10.0 Å². The van der Waals surface area contributed by atoms with E-state index in [9.17, 15) is 18.0 Å². The lowest BCUT2D eigenvalue weighted by molar-refractivity contribution is -0.136. The van der Waals surface area contributed by atoms with E-state index in [1.54, 1.807) is 36.4 Å². The minimum Gasteiger partial charge on any atom is -0.495 e. The maximum absolute atomic E-state index is 12.5. The summed E-state index contributed by atoms with van der Waals surface area (Å²) in [5.74, 6) is -1.25. The van der Waals surface area contributed by atoms with E-state index in [0.29, 0.717) is 36.0 Å². The summed E-state index contributed by atoms with van der Waals surface area (Å²) in [6.45, 7) is 1.33. The smallest absolute Gasteiger partial charge is 0.313 e. The first-order valence-corrected chi connectivity index (χ1v) is 11.6. The number of amides is 2. The van der Waals surface area contributed by atoms with Crippen molar-refractivity contribution in [2.75, 3.05) is 32.1 Å². The highest BCUT2D eigenvalue weighted by molar-refractivity contribution is 7.89. The lowest BCUT2D eigenvalue weighted by Gasteiger charge is -2.15. The fraction of sp³-hybridized carbons (Fsp3) is 0.333. The van der Waals surface area contributed by atoms with Gasteiger partial charge in [-0.25, -0.2) is 8.42 Å². The van der Waals surface area contributed by atoms with Gasteiger partial charge in [-0.3, -0.25) is 9.59 Å². The lowest BCUT2D eigenvalue weighted by Crippen LogP contribution is -2.36. The van der Waals surface area contributed by atoms with Crippen LogP contribution in [0.25, 0.3) is 0 Å². The molecule has 0 aromatic heterocycles. The number of hydrogen-bond donors (Lipinski definition) is 2. The SMILES string of the molecule is COc1ccc(Cl)cc1NC(=O)C(=O)NCCc1ccc(S(=O)(=O)N2CCCC2)cc1. The Kier molecular flexibility index (Phi) is 7.53. The third-order valence-corrected chi connectivity index (χ3v) is 7.09. The van der Waals surface area contributed by atoms with E-state index in [1.165, 1.54) is 17.5 Å². The van der Waals surface area contributed by atoms with Crippen molar-refractivity contribution in [1.29, 1.82) is 0 Å². The van der Waals surface area contributed by atoms with Gasteiger partial charge in [0.15, 0.2) is 0 Å². The Bertz CT molecular complexity index is 1050. The third kappa shape index (κ3) is 5.75. The second kappa shape index (κ2) is 10.1. The Balaban J connectivity index is 1.51. The monoisotopic (exact) mass is 465 g/mol. The number of rotatable bonds is 7. The molecule has 0 bridgehead atoms. The number of hydrogen-bond acceptors (Lipinski definition) is 5. The maximum atomic E-state index is 12.5. The van der Waals surface area contributed by atoms with Gasteiger partial charge in [0.1, 0.15) is 5.75 Å². The van der Waals surface area contributed by atoms with Crippen LogP contribution < -0.4 is 15.4 Å². The Labute approximate surface area is 186 Å². The molecule has 0 saturated carbocycles. The van der Waals surface area contributed by atoms with Gasteiger partial charge in [-0.05, 0) is 55.2 Å². The molecule has 0 unspecified atom stereocenters. The van der Waals surface area contributed by atoms with Crippen molar-refractivity contribution < 1.29 is 22.7 Å². The number of carbonyl (C=O) groups is 2. The maximum Gasteiger partial charge on any atom is 0.313 e. The minimum atomic E-state index is -3.45. The van der Waals surface area contributed by atoms with Crippen LogP contribution in [0, 0.1) is 0 Å². The van der Waals surface area contributed by atoms with Crippen LogP contribution in [0.1, 0.15) is 18.4 Å². The number of anilines is 1. The zero-order valence-corrected chi connectivity index (χ0v) is 18.6. The van der Waals surface area contributed by atoms with Gasteiger partial charge in [-0.2, -0.15) is 4.31 Å². The van der Waals surface area contributed by atoms with Crippen molar-refractivity contribution in [3.63, 3.8) is 0 Å². The highest BCUT2D eigenvalue weighted by Gasteiger charge is 2.26. The molecule has 31 heavy (non-hydrogen) atoms. The van der Waals surface area contributed by atoms with Crippen LogP contribution in [0.2, 0.25) is 5.02 Å². The largest absolute Gasteiger partial charge is 0.495 e. The molecule has 1 heterocycles. The van der Waals surface area contributed by atoms with E-state index in [0.717, 1.165) is 18.4 Å². The molecule has 2 N–H and O–H groups in total. The molecule has 2 amide bonds. The highest BCUT2D eigenvalue weighted by Crippen LogP contribution is 2.27. The molecule has 2 aromatic rings. The number of nitrogens with one attached hydrogen (secondary N) is 2. The molecule has 2 aromatic carbocycles. The molecule has 10 heteroatoms. The van der Waals surface area contributed by atoms with Crippen LogP contribution in [0.3, 0.4) is 0 Å². The number of methoxy groups -OCH3 is 1. The summed E-state index contributed by atoms with van der Waals surface area (Å²) in [7, 11) is -2.00. The second-order valence-corrected chi connectivity index (χ2v) is 9.43. The third-order valence-electron chi connectivity index (χ3n) is 4.94. The molecule has 1 fully saturated rings. The molecule has 0 radical (unpaired) electrons. The summed E-state index contributed by atoms with van der Waals surface area (Å²) in [5.41, 5.74) is 1.14. The zero-order valence-electron chi connectivity index (χ0n) is 17.1. The van der Waals surface area contributed by atoms with Crippen LogP contribution in [-0.4, -0.2) is 51.3 Å². The molecule has 0 aliphatic carbocycles. The number of carbonyl (C=O) groups excluding carboxylic acids is 2. The standard InChI is InChI=1S/C21H24ClN3O5S/c1-30-19-9-6-16(22)14-18(19)24-21(27)20(26)23-11-10-15-4-7-17(8-5-15)31(28,29)25-12-2-3-13-25/h4-9,14H,2-3,10-13H2,1H3,(H,23,26)(H,24,27). The van der Waals surface area contributed by atoms with Crippen LogP contribution in [0.5, 0.6) is 5.75 Å². The van der Waals surface area contributed by atoms with Gasteiger partial charge >= 0.3 is 11.8 Å². The number of benzene rings is 2. The van der Waals surface area contributed by atoms with Crippen LogP contribution in [0.4, 0.5) is 5.69 Å². The van der Waals surface area contributed by atoms with Crippen LogP contribution in [0.15, 0.2) is 47.4 Å². The number of sulfonamides is 1. The Morgan fingerprint density at radius 3 is 2.39 bits per heavy atom. The Morgan fingerprint density at radius 2 is 1.74 bits per heavy atom. The van der Waals surface area contributed by atoms with E-state index in [1.807, 2.05) is 0 Å². The summed E-state index contributed by atoms with van der Waals surface area (Å²) < 4.78 is 31.7. The van der Waals surface area contributed by atoms with Crippen molar-refractivity contribution >= 4 is 39.1 Å². The van der Waals surface area contributed by atoms with E-state index < -0.39 is 21.8 Å². The normalized spacial score (nSPS) is 14.3. The molecule has 3 rings (SSSR count). The first kappa shape index (κ1) is 23.1. The summed E-state index contributed by atoms with van der Waals surface area (Å²) in [6.07, 6.45) is 2.22. The van der Waals surface area contributed by atoms with Gasteiger partial charge in [-0.15, -0.1) is 0 Å². The van der Waals surface area contributed by atoms with Crippen LogP contribution >= 0.6 is 11.6 Å². The molecule has 0 spiro atoms. The number of nitrogens with zero attached hydrogens (tertiary/aromatic N) is 1. The fourth-order valence-corrected chi connectivity index (χ4v) is 4.95. The van der Waals surface area contributed by atoms with Crippen molar-refractivity contribution in [2.45, 2.75) is 24.2 Å². The number of ether oxygens (including phenoxy) is 1. The van der Waals surface area contributed by atoms with Crippen LogP contribution in [-0.2, 0) is 26.0 Å². The van der Waals surface area contributed by atoms with Crippen molar-refractivity contribution in [2.24, 2.45) is 0 Å².